The number of aryl methyl sites for hydroxylation is 2. The molecule has 6 nitrogen and oxygen atoms in total. The Morgan fingerprint density at radius 3 is 2.66 bits per heavy atom. The average molecular weight is 513 g/mol. The molecule has 1 aromatic carbocycles. The molecule has 0 unspecified atom stereocenters. The van der Waals surface area contributed by atoms with Crippen molar-refractivity contribution in [1.82, 2.24) is 20.1 Å². The molecule has 0 spiro atoms. The van der Waals surface area contributed by atoms with Crippen LogP contribution < -0.4 is 5.32 Å². The van der Waals surface area contributed by atoms with Crippen molar-refractivity contribution in [2.75, 3.05) is 13.2 Å². The van der Waals surface area contributed by atoms with Crippen molar-refractivity contribution in [2.24, 2.45) is 0 Å². The van der Waals surface area contributed by atoms with E-state index in [1.54, 1.807) is 6.20 Å². The minimum atomic E-state index is -4.80. The van der Waals surface area contributed by atoms with Gasteiger partial charge in [-0.15, -0.1) is 0 Å². The first kappa shape index (κ1) is 23.7. The van der Waals surface area contributed by atoms with E-state index in [2.05, 4.69) is 15.4 Å². The number of halogens is 6. The molecule has 5 rings (SSSR count). The third-order valence-electron chi connectivity index (χ3n) is 5.96. The third-order valence-corrected chi connectivity index (χ3v) is 6.19. The summed E-state index contributed by atoms with van der Waals surface area (Å²) in [4.78, 5) is 16.8. The maximum Gasteiger partial charge on any atom is 0.417 e. The van der Waals surface area contributed by atoms with E-state index in [0.717, 1.165) is 6.07 Å². The summed E-state index contributed by atoms with van der Waals surface area (Å²) in [6.07, 6.45) is -2.78. The molecule has 184 valence electrons. The lowest BCUT2D eigenvalue weighted by atomic mass is 9.90. The van der Waals surface area contributed by atoms with Gasteiger partial charge in [0.25, 0.3) is 5.91 Å². The molecular weight excluding hydrogens is 495 g/mol. The van der Waals surface area contributed by atoms with Gasteiger partial charge in [0.2, 0.25) is 0 Å². The van der Waals surface area contributed by atoms with Crippen LogP contribution in [0.3, 0.4) is 0 Å². The molecule has 1 aliphatic heterocycles. The Hall–Kier alpha value is -3.05. The summed E-state index contributed by atoms with van der Waals surface area (Å²) < 4.78 is 76.8. The fourth-order valence-corrected chi connectivity index (χ4v) is 4.37. The zero-order chi connectivity index (χ0) is 25.0. The number of carbonyl (C=O) groups is 1. The number of alkyl halides is 4. The fraction of sp³-hybridized carbons (Fsp3) is 0.348. The van der Waals surface area contributed by atoms with E-state index in [1.165, 1.54) is 16.8 Å². The van der Waals surface area contributed by atoms with Crippen LogP contribution in [-0.4, -0.2) is 39.6 Å². The minimum absolute atomic E-state index is 0.0716. The number of nitrogens with zero attached hydrogens (tertiary/aromatic N) is 3. The fourth-order valence-electron chi connectivity index (χ4n) is 4.21. The van der Waals surface area contributed by atoms with Crippen molar-refractivity contribution in [3.8, 4) is 11.3 Å². The van der Waals surface area contributed by atoms with Crippen LogP contribution in [0.1, 0.15) is 32.9 Å². The van der Waals surface area contributed by atoms with E-state index < -0.39 is 34.8 Å². The van der Waals surface area contributed by atoms with Gasteiger partial charge in [0.1, 0.15) is 11.5 Å². The first-order valence-electron chi connectivity index (χ1n) is 10.7. The number of ether oxygens (including phenoxy) is 1. The van der Waals surface area contributed by atoms with Gasteiger partial charge in [0.05, 0.1) is 36.7 Å². The normalized spacial score (nSPS) is 16.3. The molecule has 1 fully saturated rings. The summed E-state index contributed by atoms with van der Waals surface area (Å²) in [5.74, 6) is -1.54. The van der Waals surface area contributed by atoms with Crippen LogP contribution in [-0.2, 0) is 36.8 Å². The highest BCUT2D eigenvalue weighted by atomic mass is 35.5. The van der Waals surface area contributed by atoms with Gasteiger partial charge in [-0.2, -0.15) is 18.3 Å². The number of benzene rings is 1. The van der Waals surface area contributed by atoms with Crippen LogP contribution in [0.25, 0.3) is 11.3 Å². The monoisotopic (exact) mass is 512 g/mol. The number of rotatable bonds is 5. The molecule has 3 aromatic rings. The molecule has 0 atom stereocenters. The maximum absolute atomic E-state index is 14.4. The molecule has 0 bridgehead atoms. The Morgan fingerprint density at radius 2 is 2.00 bits per heavy atom. The van der Waals surface area contributed by atoms with E-state index in [4.69, 9.17) is 16.3 Å². The third kappa shape index (κ3) is 4.62. The van der Waals surface area contributed by atoms with Gasteiger partial charge in [-0.3, -0.25) is 9.48 Å². The quantitative estimate of drug-likeness (QED) is 0.510. The Bertz CT molecular complexity index is 1320. The second-order valence-corrected chi connectivity index (χ2v) is 9.07. The van der Waals surface area contributed by atoms with Crippen molar-refractivity contribution < 1.29 is 31.5 Å². The van der Waals surface area contributed by atoms with Crippen molar-refractivity contribution in [3.05, 3.63) is 69.4 Å². The maximum atomic E-state index is 14.4. The Labute approximate surface area is 201 Å². The summed E-state index contributed by atoms with van der Waals surface area (Å²) in [7, 11) is 0. The van der Waals surface area contributed by atoms with Crippen LogP contribution in [0, 0.1) is 5.82 Å². The summed E-state index contributed by atoms with van der Waals surface area (Å²) in [5.41, 5.74) is -2.50. The summed E-state index contributed by atoms with van der Waals surface area (Å²) >= 11 is 5.71. The SMILES string of the molecule is O=C(NCc1ccc(Cl)cc1F)c1cc(C(F)(F)F)c2c(n1)CCc1cn(CC3(F)COC3)nc1-2. The van der Waals surface area contributed by atoms with Gasteiger partial charge < -0.3 is 10.1 Å². The van der Waals surface area contributed by atoms with Gasteiger partial charge in [-0.05, 0) is 36.6 Å². The lowest BCUT2D eigenvalue weighted by Gasteiger charge is -2.33. The number of fused-ring (bicyclic) bond motifs is 3. The lowest BCUT2D eigenvalue weighted by molar-refractivity contribution is -0.138. The molecule has 1 aliphatic carbocycles. The van der Waals surface area contributed by atoms with E-state index in [9.17, 15) is 26.7 Å². The molecule has 1 amide bonds. The van der Waals surface area contributed by atoms with Crippen molar-refractivity contribution in [2.45, 2.75) is 37.8 Å². The van der Waals surface area contributed by atoms with Crippen LogP contribution in [0.2, 0.25) is 5.02 Å². The van der Waals surface area contributed by atoms with E-state index in [-0.39, 0.29) is 60.3 Å². The summed E-state index contributed by atoms with van der Waals surface area (Å²) in [6, 6.07) is 4.54. The number of pyridine rings is 1. The Morgan fingerprint density at radius 1 is 1.23 bits per heavy atom. The molecule has 3 heterocycles. The first-order chi connectivity index (χ1) is 16.5. The molecule has 1 saturated heterocycles. The zero-order valence-electron chi connectivity index (χ0n) is 18.1. The predicted molar refractivity (Wildman–Crippen MR) is 115 cm³/mol. The van der Waals surface area contributed by atoms with E-state index >= 15 is 0 Å². The first-order valence-corrected chi connectivity index (χ1v) is 11.1. The van der Waals surface area contributed by atoms with Crippen LogP contribution in [0.15, 0.2) is 30.5 Å². The number of amides is 1. The molecule has 1 N–H and O–H groups in total. The average Bonchev–Trinajstić information content (AvgIpc) is 3.18. The Balaban J connectivity index is 1.46. The smallest absolute Gasteiger partial charge is 0.374 e. The van der Waals surface area contributed by atoms with Gasteiger partial charge in [0.15, 0.2) is 5.67 Å². The van der Waals surface area contributed by atoms with E-state index in [0.29, 0.717) is 18.1 Å². The number of aromatic nitrogens is 3. The predicted octanol–water partition coefficient (Wildman–Crippen LogP) is 4.52. The zero-order valence-corrected chi connectivity index (χ0v) is 18.8. The van der Waals surface area contributed by atoms with Crippen molar-refractivity contribution >= 4 is 17.5 Å². The van der Waals surface area contributed by atoms with Gasteiger partial charge >= 0.3 is 6.18 Å². The molecule has 0 radical (unpaired) electrons. The van der Waals surface area contributed by atoms with Crippen LogP contribution >= 0.6 is 11.6 Å². The highest BCUT2D eigenvalue weighted by Gasteiger charge is 2.41. The Kier molecular flexibility index (Phi) is 5.79. The van der Waals surface area contributed by atoms with Crippen molar-refractivity contribution in [3.63, 3.8) is 0 Å². The highest BCUT2D eigenvalue weighted by Crippen LogP contribution is 2.42. The number of hydrogen-bond acceptors (Lipinski definition) is 4. The minimum Gasteiger partial charge on any atom is -0.374 e. The van der Waals surface area contributed by atoms with Crippen molar-refractivity contribution in [1.29, 1.82) is 0 Å². The highest BCUT2D eigenvalue weighted by molar-refractivity contribution is 6.30. The molecule has 12 heteroatoms. The molecule has 2 aromatic heterocycles. The van der Waals surface area contributed by atoms with Gasteiger partial charge in [0, 0.05) is 28.9 Å². The second kappa shape index (κ2) is 8.56. The van der Waals surface area contributed by atoms with Gasteiger partial charge in [-0.25, -0.2) is 13.8 Å². The summed E-state index contributed by atoms with van der Waals surface area (Å²) in [6.45, 7) is -0.583. The van der Waals surface area contributed by atoms with Crippen LogP contribution in [0.5, 0.6) is 0 Å². The standard InChI is InChI=1S/C23H18ClF5N4O2/c24-14-3-1-12(16(25)5-14)7-30-21(34)18-6-15(23(27,28)29)19-17(31-18)4-2-13-8-33(32-20(13)19)9-22(26)10-35-11-22/h1,3,5-6,8H,2,4,7,9-11H2,(H,30,34). The number of carbonyl (C=O) groups excluding carboxylic acids is 1. The molecule has 2 aliphatic rings. The van der Waals surface area contributed by atoms with Gasteiger partial charge in [-0.1, -0.05) is 17.7 Å². The molecular formula is C23H18ClF5N4O2. The lowest BCUT2D eigenvalue weighted by Crippen LogP contribution is -2.48. The molecule has 35 heavy (non-hydrogen) atoms. The number of hydrogen-bond donors (Lipinski definition) is 1. The van der Waals surface area contributed by atoms with E-state index in [1.807, 2.05) is 0 Å². The van der Waals surface area contributed by atoms with Crippen LogP contribution in [0.4, 0.5) is 22.0 Å². The summed E-state index contributed by atoms with van der Waals surface area (Å²) in [5, 5.41) is 6.80. The molecule has 0 saturated carbocycles. The largest absolute Gasteiger partial charge is 0.417 e. The second-order valence-electron chi connectivity index (χ2n) is 8.64. The topological polar surface area (TPSA) is 69.0 Å². The number of nitrogens with one attached hydrogen (secondary N) is 1.